The van der Waals surface area contributed by atoms with Crippen molar-refractivity contribution in [3.05, 3.63) is 53.0 Å². The summed E-state index contributed by atoms with van der Waals surface area (Å²) in [7, 11) is 0. The van der Waals surface area contributed by atoms with Crippen LogP contribution in [0.1, 0.15) is 23.9 Å². The molecule has 2 aliphatic heterocycles. The lowest BCUT2D eigenvalue weighted by Crippen LogP contribution is -2.36. The van der Waals surface area contributed by atoms with Gasteiger partial charge in [0.2, 0.25) is 0 Å². The van der Waals surface area contributed by atoms with Crippen molar-refractivity contribution < 1.29 is 9.53 Å². The average molecular weight is 411 g/mol. The van der Waals surface area contributed by atoms with Gasteiger partial charge in [-0.05, 0) is 75.0 Å². The number of amides is 1. The highest BCUT2D eigenvalue weighted by molar-refractivity contribution is 7.80. The zero-order valence-corrected chi connectivity index (χ0v) is 17.9. The van der Waals surface area contributed by atoms with Crippen LogP contribution >= 0.6 is 12.2 Å². The van der Waals surface area contributed by atoms with Gasteiger partial charge in [0.15, 0.2) is 5.11 Å². The zero-order chi connectivity index (χ0) is 20.5. The molecule has 7 heteroatoms. The fraction of sp³-hybridized carbons (Fsp3) is 0.364. The number of nitrogens with zero attached hydrogens (tertiary/aromatic N) is 3. The number of morpholine rings is 1. The van der Waals surface area contributed by atoms with E-state index in [0.717, 1.165) is 48.9 Å². The summed E-state index contributed by atoms with van der Waals surface area (Å²) in [4.78, 5) is 16.4. The molecular formula is C22H26N4O2S. The summed E-state index contributed by atoms with van der Waals surface area (Å²) in [6.07, 6.45) is 1.89. The predicted molar refractivity (Wildman–Crippen MR) is 119 cm³/mol. The summed E-state index contributed by atoms with van der Waals surface area (Å²) >= 11 is 5.25. The van der Waals surface area contributed by atoms with Crippen LogP contribution in [-0.4, -0.2) is 53.3 Å². The average Bonchev–Trinajstić information content (AvgIpc) is 3.17. The number of hydrogen-bond donors (Lipinski definition) is 1. The van der Waals surface area contributed by atoms with E-state index in [9.17, 15) is 4.79 Å². The number of nitrogens with one attached hydrogen (secondary N) is 1. The van der Waals surface area contributed by atoms with Gasteiger partial charge in [-0.15, -0.1) is 0 Å². The van der Waals surface area contributed by atoms with Crippen LogP contribution in [0.5, 0.6) is 0 Å². The number of thiocarbonyl (C=S) groups is 1. The molecule has 0 bridgehead atoms. The Hall–Kier alpha value is -2.64. The molecule has 0 aliphatic carbocycles. The minimum absolute atomic E-state index is 0.0721. The molecule has 4 rings (SSSR count). The van der Waals surface area contributed by atoms with Gasteiger partial charge >= 0.3 is 0 Å². The second-order valence-corrected chi connectivity index (χ2v) is 7.70. The molecule has 2 aromatic rings. The lowest BCUT2D eigenvalue weighted by molar-refractivity contribution is -0.122. The van der Waals surface area contributed by atoms with Crippen LogP contribution in [0.3, 0.4) is 0 Å². The van der Waals surface area contributed by atoms with Gasteiger partial charge in [0.1, 0.15) is 5.70 Å². The van der Waals surface area contributed by atoms with Crippen molar-refractivity contribution in [2.75, 3.05) is 37.7 Å². The first kappa shape index (κ1) is 19.7. The number of hydrogen-bond acceptors (Lipinski definition) is 4. The van der Waals surface area contributed by atoms with Crippen LogP contribution in [-0.2, 0) is 9.53 Å². The molecule has 0 spiro atoms. The number of likely N-dealkylation sites (N-methyl/N-ethyl adjacent to an activating group) is 1. The molecule has 0 saturated carbocycles. The molecule has 1 amide bonds. The smallest absolute Gasteiger partial charge is 0.276 e. The van der Waals surface area contributed by atoms with Crippen molar-refractivity contribution in [2.45, 2.75) is 20.8 Å². The van der Waals surface area contributed by atoms with Crippen molar-refractivity contribution in [1.29, 1.82) is 0 Å². The highest BCUT2D eigenvalue weighted by Gasteiger charge is 2.29. The Bertz CT molecular complexity index is 971. The lowest BCUT2D eigenvalue weighted by atomic mass is 10.2. The Balaban J connectivity index is 1.62. The Labute approximate surface area is 176 Å². The maximum Gasteiger partial charge on any atom is 0.276 e. The molecule has 0 unspecified atom stereocenters. The highest BCUT2D eigenvalue weighted by Crippen LogP contribution is 2.26. The predicted octanol–water partition coefficient (Wildman–Crippen LogP) is 3.01. The Kier molecular flexibility index (Phi) is 5.43. The third-order valence-electron chi connectivity index (χ3n) is 5.53. The summed E-state index contributed by atoms with van der Waals surface area (Å²) < 4.78 is 7.65. The van der Waals surface area contributed by atoms with E-state index < -0.39 is 0 Å². The summed E-state index contributed by atoms with van der Waals surface area (Å²) in [6, 6.07) is 10.7. The summed E-state index contributed by atoms with van der Waals surface area (Å²) in [5, 5.41) is 3.51. The van der Waals surface area contributed by atoms with Gasteiger partial charge in [0, 0.05) is 42.4 Å². The van der Waals surface area contributed by atoms with Crippen molar-refractivity contribution >= 4 is 35.0 Å². The SMILES string of the molecule is CCN1C(=O)/C(=C/c2cc(C)n(-c3ccc(N4CCOCC4)cc3)c2C)NC1=S. The Morgan fingerprint density at radius 2 is 1.79 bits per heavy atom. The fourth-order valence-electron chi connectivity index (χ4n) is 3.98. The van der Waals surface area contributed by atoms with Gasteiger partial charge in [-0.25, -0.2) is 0 Å². The summed E-state index contributed by atoms with van der Waals surface area (Å²) in [6.45, 7) is 10.1. The molecule has 2 saturated heterocycles. The molecule has 2 fully saturated rings. The molecule has 29 heavy (non-hydrogen) atoms. The first-order valence-corrected chi connectivity index (χ1v) is 10.4. The third-order valence-corrected chi connectivity index (χ3v) is 5.86. The van der Waals surface area contributed by atoms with Gasteiger partial charge in [-0.1, -0.05) is 0 Å². The number of rotatable bonds is 4. The Morgan fingerprint density at radius 1 is 1.14 bits per heavy atom. The van der Waals surface area contributed by atoms with Crippen molar-refractivity contribution in [3.63, 3.8) is 0 Å². The quantitative estimate of drug-likeness (QED) is 0.620. The first-order chi connectivity index (χ1) is 14.0. The van der Waals surface area contributed by atoms with E-state index in [1.165, 1.54) is 5.69 Å². The zero-order valence-electron chi connectivity index (χ0n) is 17.1. The van der Waals surface area contributed by atoms with E-state index in [1.54, 1.807) is 4.90 Å². The van der Waals surface area contributed by atoms with Crippen LogP contribution in [0.25, 0.3) is 11.8 Å². The number of anilines is 1. The molecule has 2 aliphatic rings. The molecular weight excluding hydrogens is 384 g/mol. The van der Waals surface area contributed by atoms with E-state index in [4.69, 9.17) is 17.0 Å². The van der Waals surface area contributed by atoms with Crippen LogP contribution in [0.2, 0.25) is 0 Å². The topological polar surface area (TPSA) is 49.7 Å². The van der Waals surface area contributed by atoms with Crippen LogP contribution in [0, 0.1) is 13.8 Å². The van der Waals surface area contributed by atoms with Gasteiger partial charge < -0.3 is 19.5 Å². The van der Waals surface area contributed by atoms with Crippen molar-refractivity contribution in [3.8, 4) is 5.69 Å². The number of benzene rings is 1. The molecule has 0 atom stereocenters. The lowest BCUT2D eigenvalue weighted by Gasteiger charge is -2.29. The number of aryl methyl sites for hydroxylation is 1. The highest BCUT2D eigenvalue weighted by atomic mass is 32.1. The van der Waals surface area contributed by atoms with Crippen LogP contribution in [0.15, 0.2) is 36.0 Å². The van der Waals surface area contributed by atoms with Crippen LogP contribution in [0.4, 0.5) is 5.69 Å². The summed E-state index contributed by atoms with van der Waals surface area (Å²) in [5.74, 6) is -0.0721. The molecule has 1 aromatic carbocycles. The van der Waals surface area contributed by atoms with Gasteiger partial charge in [-0.3, -0.25) is 9.69 Å². The standard InChI is InChI=1S/C22H26N4O2S/c1-4-25-21(27)20(23-22(25)29)14-17-13-15(2)26(16(17)3)19-7-5-18(6-8-19)24-9-11-28-12-10-24/h5-8,13-14H,4,9-12H2,1-3H3,(H,23,29)/b20-14-. The third kappa shape index (κ3) is 3.68. The van der Waals surface area contributed by atoms with Gasteiger partial charge in [0.05, 0.1) is 13.2 Å². The molecule has 0 radical (unpaired) electrons. The van der Waals surface area contributed by atoms with E-state index >= 15 is 0 Å². The summed E-state index contributed by atoms with van der Waals surface area (Å²) in [5.41, 5.74) is 6.07. The molecule has 1 N–H and O–H groups in total. The van der Waals surface area contributed by atoms with Crippen molar-refractivity contribution in [2.24, 2.45) is 0 Å². The minimum Gasteiger partial charge on any atom is -0.378 e. The monoisotopic (exact) mass is 410 g/mol. The second-order valence-electron chi connectivity index (χ2n) is 7.32. The normalized spacial score (nSPS) is 18.7. The van der Waals surface area contributed by atoms with E-state index in [1.807, 2.05) is 13.0 Å². The second kappa shape index (κ2) is 8.00. The molecule has 3 heterocycles. The number of carbonyl (C=O) groups is 1. The molecule has 152 valence electrons. The number of aromatic nitrogens is 1. The van der Waals surface area contributed by atoms with Gasteiger partial charge in [-0.2, -0.15) is 0 Å². The van der Waals surface area contributed by atoms with Crippen LogP contribution < -0.4 is 10.2 Å². The maximum absolute atomic E-state index is 12.5. The minimum atomic E-state index is -0.0721. The van der Waals surface area contributed by atoms with Gasteiger partial charge in [0.25, 0.3) is 5.91 Å². The molecule has 1 aromatic heterocycles. The Morgan fingerprint density at radius 3 is 2.41 bits per heavy atom. The van der Waals surface area contributed by atoms with E-state index in [-0.39, 0.29) is 5.91 Å². The fourth-order valence-corrected chi connectivity index (χ4v) is 4.30. The molecule has 6 nitrogen and oxygen atoms in total. The maximum atomic E-state index is 12.5. The number of carbonyl (C=O) groups excluding carboxylic acids is 1. The van der Waals surface area contributed by atoms with Crippen molar-refractivity contribution in [1.82, 2.24) is 14.8 Å². The largest absolute Gasteiger partial charge is 0.378 e. The van der Waals surface area contributed by atoms with E-state index in [2.05, 4.69) is 59.0 Å². The van der Waals surface area contributed by atoms with E-state index in [0.29, 0.717) is 17.4 Å². The first-order valence-electron chi connectivity index (χ1n) is 9.96. The number of ether oxygens (including phenoxy) is 1.